The number of rotatable bonds is 8. The summed E-state index contributed by atoms with van der Waals surface area (Å²) in [6.07, 6.45) is 1.60. The molecule has 1 aromatic heterocycles. The number of hydrogen-bond acceptors (Lipinski definition) is 5. The van der Waals surface area contributed by atoms with Crippen LogP contribution in [0.4, 0.5) is 11.5 Å². The Bertz CT molecular complexity index is 633. The summed E-state index contributed by atoms with van der Waals surface area (Å²) in [6.45, 7) is 6.18. The summed E-state index contributed by atoms with van der Waals surface area (Å²) in [5, 5.41) is 9.04. The molecule has 0 aliphatic heterocycles. The van der Waals surface area contributed by atoms with Crippen molar-refractivity contribution >= 4 is 17.5 Å². The summed E-state index contributed by atoms with van der Waals surface area (Å²) in [6, 6.07) is 0. The minimum absolute atomic E-state index is 0.0177. The first-order chi connectivity index (χ1) is 10.3. The van der Waals surface area contributed by atoms with Crippen molar-refractivity contribution in [2.75, 3.05) is 23.7 Å². The summed E-state index contributed by atoms with van der Waals surface area (Å²) in [7, 11) is 0. The zero-order valence-electron chi connectivity index (χ0n) is 13.3. The maximum atomic E-state index is 12.1. The molecule has 0 unspecified atom stereocenters. The normalized spacial score (nSPS) is 10.9. The van der Waals surface area contributed by atoms with E-state index in [2.05, 4.69) is 4.98 Å². The lowest BCUT2D eigenvalue weighted by atomic mass is 10.2. The molecule has 0 saturated carbocycles. The van der Waals surface area contributed by atoms with Crippen molar-refractivity contribution in [3.8, 4) is 0 Å². The van der Waals surface area contributed by atoms with E-state index in [-0.39, 0.29) is 24.0 Å². The van der Waals surface area contributed by atoms with Crippen LogP contribution in [0.15, 0.2) is 9.59 Å². The SMILES string of the molecule is CCCCn1c(N)c(N(CC(=O)O)CC(C)C)c(=O)[nH]c1=O. The van der Waals surface area contributed by atoms with Gasteiger partial charge in [0.2, 0.25) is 0 Å². The van der Waals surface area contributed by atoms with Gasteiger partial charge in [0.25, 0.3) is 5.56 Å². The largest absolute Gasteiger partial charge is 0.480 e. The van der Waals surface area contributed by atoms with Crippen molar-refractivity contribution in [1.82, 2.24) is 9.55 Å². The number of unbranched alkanes of at least 4 members (excludes halogenated alkanes) is 1. The van der Waals surface area contributed by atoms with Crippen molar-refractivity contribution in [1.29, 1.82) is 0 Å². The van der Waals surface area contributed by atoms with Gasteiger partial charge in [-0.2, -0.15) is 0 Å². The Labute approximate surface area is 128 Å². The smallest absolute Gasteiger partial charge is 0.330 e. The van der Waals surface area contributed by atoms with Crippen LogP contribution in [0.3, 0.4) is 0 Å². The van der Waals surface area contributed by atoms with E-state index in [4.69, 9.17) is 10.8 Å². The minimum Gasteiger partial charge on any atom is -0.480 e. The zero-order chi connectivity index (χ0) is 16.9. The van der Waals surface area contributed by atoms with Crippen molar-refractivity contribution in [3.63, 3.8) is 0 Å². The van der Waals surface area contributed by atoms with Crippen molar-refractivity contribution in [3.05, 3.63) is 20.8 Å². The number of nitrogens with zero attached hydrogens (tertiary/aromatic N) is 2. The van der Waals surface area contributed by atoms with E-state index < -0.39 is 17.2 Å². The lowest BCUT2D eigenvalue weighted by molar-refractivity contribution is -0.135. The number of nitrogens with one attached hydrogen (secondary N) is 1. The summed E-state index contributed by atoms with van der Waals surface area (Å²) in [4.78, 5) is 38.7. The molecule has 1 rings (SSSR count). The van der Waals surface area contributed by atoms with Gasteiger partial charge in [0.15, 0.2) is 0 Å². The summed E-state index contributed by atoms with van der Waals surface area (Å²) < 4.78 is 1.29. The van der Waals surface area contributed by atoms with Crippen LogP contribution >= 0.6 is 0 Å². The van der Waals surface area contributed by atoms with Crippen LogP contribution in [-0.2, 0) is 11.3 Å². The maximum Gasteiger partial charge on any atom is 0.330 e. The van der Waals surface area contributed by atoms with Crippen LogP contribution < -0.4 is 21.9 Å². The van der Waals surface area contributed by atoms with Crippen LogP contribution in [0.1, 0.15) is 33.6 Å². The number of aliphatic carboxylic acids is 1. The van der Waals surface area contributed by atoms with Gasteiger partial charge in [-0.25, -0.2) is 4.79 Å². The molecule has 0 saturated heterocycles. The highest BCUT2D eigenvalue weighted by atomic mass is 16.4. The van der Waals surface area contributed by atoms with Crippen LogP contribution in [0, 0.1) is 5.92 Å². The van der Waals surface area contributed by atoms with Gasteiger partial charge in [-0.15, -0.1) is 0 Å². The van der Waals surface area contributed by atoms with Gasteiger partial charge < -0.3 is 15.7 Å². The number of carbonyl (C=O) groups is 1. The van der Waals surface area contributed by atoms with Crippen LogP contribution in [0.2, 0.25) is 0 Å². The molecule has 4 N–H and O–H groups in total. The molecule has 0 fully saturated rings. The lowest BCUT2D eigenvalue weighted by Crippen LogP contribution is -2.41. The fourth-order valence-corrected chi connectivity index (χ4v) is 2.26. The van der Waals surface area contributed by atoms with Crippen molar-refractivity contribution < 1.29 is 9.90 Å². The number of aromatic amines is 1. The summed E-state index contributed by atoms with van der Waals surface area (Å²) in [5.74, 6) is -0.913. The number of carboxylic acid groups (broad SMARTS) is 1. The molecule has 0 aliphatic rings. The topological polar surface area (TPSA) is 121 Å². The molecule has 8 heteroatoms. The third kappa shape index (κ3) is 4.37. The second-order valence-electron chi connectivity index (χ2n) is 5.67. The predicted molar refractivity (Wildman–Crippen MR) is 85.3 cm³/mol. The average molecular weight is 312 g/mol. The Morgan fingerprint density at radius 2 is 2.05 bits per heavy atom. The van der Waals surface area contributed by atoms with Gasteiger partial charge in [-0.05, 0) is 12.3 Å². The third-order valence-electron chi connectivity index (χ3n) is 3.18. The minimum atomic E-state index is -1.06. The molecule has 8 nitrogen and oxygen atoms in total. The monoisotopic (exact) mass is 312 g/mol. The first-order valence-corrected chi connectivity index (χ1v) is 7.37. The fourth-order valence-electron chi connectivity index (χ4n) is 2.26. The third-order valence-corrected chi connectivity index (χ3v) is 3.18. The molecular formula is C14H24N4O4. The number of nitrogens with two attached hydrogens (primary N) is 1. The Morgan fingerprint density at radius 1 is 1.41 bits per heavy atom. The Kier molecular flexibility index (Phi) is 6.21. The Hall–Kier alpha value is -2.25. The van der Waals surface area contributed by atoms with E-state index in [9.17, 15) is 14.4 Å². The van der Waals surface area contributed by atoms with E-state index in [1.54, 1.807) is 0 Å². The van der Waals surface area contributed by atoms with E-state index >= 15 is 0 Å². The number of anilines is 2. The molecule has 1 aromatic rings. The van der Waals surface area contributed by atoms with Gasteiger partial charge in [0.1, 0.15) is 18.1 Å². The maximum absolute atomic E-state index is 12.1. The summed E-state index contributed by atoms with van der Waals surface area (Å²) in [5.41, 5.74) is 4.81. The molecule has 0 spiro atoms. The molecule has 0 aromatic carbocycles. The summed E-state index contributed by atoms with van der Waals surface area (Å²) >= 11 is 0. The standard InChI is InChI=1S/C14H24N4O4/c1-4-5-6-18-12(15)11(13(21)16-14(18)22)17(7-9(2)3)8-10(19)20/h9H,4-8,15H2,1-3H3,(H,19,20)(H,16,21,22). The fraction of sp³-hybridized carbons (Fsp3) is 0.643. The molecule has 0 atom stereocenters. The molecule has 0 bridgehead atoms. The Morgan fingerprint density at radius 3 is 2.55 bits per heavy atom. The van der Waals surface area contributed by atoms with E-state index in [0.717, 1.165) is 12.8 Å². The van der Waals surface area contributed by atoms with E-state index in [1.807, 2.05) is 20.8 Å². The van der Waals surface area contributed by atoms with Crippen molar-refractivity contribution in [2.24, 2.45) is 5.92 Å². The highest BCUT2D eigenvalue weighted by Gasteiger charge is 2.21. The molecule has 124 valence electrons. The molecule has 0 amide bonds. The van der Waals surface area contributed by atoms with Crippen molar-refractivity contribution in [2.45, 2.75) is 40.2 Å². The Balaban J connectivity index is 3.38. The van der Waals surface area contributed by atoms with E-state index in [1.165, 1.54) is 9.47 Å². The highest BCUT2D eigenvalue weighted by Crippen LogP contribution is 2.18. The number of hydrogen-bond donors (Lipinski definition) is 3. The number of aromatic nitrogens is 2. The van der Waals surface area contributed by atoms with Gasteiger partial charge in [0, 0.05) is 13.1 Å². The first-order valence-electron chi connectivity index (χ1n) is 7.37. The van der Waals surface area contributed by atoms with Crippen LogP contribution in [0.5, 0.6) is 0 Å². The molecule has 1 heterocycles. The average Bonchev–Trinajstić information content (AvgIpc) is 2.36. The van der Waals surface area contributed by atoms with Crippen LogP contribution in [-0.4, -0.2) is 33.7 Å². The first kappa shape index (κ1) is 17.8. The number of H-pyrrole nitrogens is 1. The molecule has 0 aliphatic carbocycles. The molecular weight excluding hydrogens is 288 g/mol. The highest BCUT2D eigenvalue weighted by molar-refractivity contribution is 5.76. The second-order valence-corrected chi connectivity index (χ2v) is 5.67. The van der Waals surface area contributed by atoms with Gasteiger partial charge in [0.05, 0.1) is 0 Å². The van der Waals surface area contributed by atoms with Gasteiger partial charge in [-0.1, -0.05) is 27.2 Å². The quantitative estimate of drug-likeness (QED) is 0.641. The predicted octanol–water partition coefficient (Wildman–Crippen LogP) is 0.466. The number of nitrogen functional groups attached to an aromatic ring is 1. The molecule has 22 heavy (non-hydrogen) atoms. The van der Waals surface area contributed by atoms with Crippen LogP contribution in [0.25, 0.3) is 0 Å². The lowest BCUT2D eigenvalue weighted by Gasteiger charge is -2.26. The molecule has 0 radical (unpaired) electrons. The van der Waals surface area contributed by atoms with E-state index in [0.29, 0.717) is 13.1 Å². The second kappa shape index (κ2) is 7.67. The van der Waals surface area contributed by atoms with Gasteiger partial charge >= 0.3 is 11.7 Å². The zero-order valence-corrected chi connectivity index (χ0v) is 13.3. The van der Waals surface area contributed by atoms with Gasteiger partial charge in [-0.3, -0.25) is 19.1 Å². The number of carboxylic acids is 1.